The first-order valence-electron chi connectivity index (χ1n) is 6.74. The van der Waals surface area contributed by atoms with Crippen LogP contribution in [-0.2, 0) is 5.41 Å². The van der Waals surface area contributed by atoms with Crippen molar-refractivity contribution < 1.29 is 4.74 Å². The van der Waals surface area contributed by atoms with E-state index in [1.807, 2.05) is 6.07 Å². The van der Waals surface area contributed by atoms with Crippen LogP contribution < -0.4 is 4.74 Å². The summed E-state index contributed by atoms with van der Waals surface area (Å²) in [5, 5.41) is 0. The lowest BCUT2D eigenvalue weighted by Crippen LogP contribution is -2.33. The van der Waals surface area contributed by atoms with Gasteiger partial charge in [0.2, 0.25) is 0 Å². The lowest BCUT2D eigenvalue weighted by molar-refractivity contribution is 0.338. The molecule has 1 aliphatic rings. The lowest BCUT2D eigenvalue weighted by atomic mass is 9.72. The first-order chi connectivity index (χ1) is 9.05. The molecule has 0 aliphatic carbocycles. The number of hydrogen-bond donors (Lipinski definition) is 0. The molecule has 2 nitrogen and oxygen atoms in total. The van der Waals surface area contributed by atoms with Gasteiger partial charge in [-0.1, -0.05) is 23.8 Å². The van der Waals surface area contributed by atoms with Crippen molar-refractivity contribution in [1.82, 2.24) is 4.90 Å². The van der Waals surface area contributed by atoms with Gasteiger partial charge in [0.15, 0.2) is 0 Å². The van der Waals surface area contributed by atoms with E-state index in [-0.39, 0.29) is 5.41 Å². The quantitative estimate of drug-likeness (QED) is 0.762. The Bertz CT molecular complexity index is 492. The number of hydrogen-bond acceptors (Lipinski definition) is 2. The van der Waals surface area contributed by atoms with Gasteiger partial charge in [0.05, 0.1) is 7.11 Å². The zero-order valence-electron chi connectivity index (χ0n) is 12.1. The third kappa shape index (κ3) is 3.01. The monoisotopic (exact) mass is 257 g/mol. The molecule has 1 aliphatic heterocycles. The number of ether oxygens (including phenoxy) is 1. The molecular formula is C17H23NO. The van der Waals surface area contributed by atoms with Crippen molar-refractivity contribution in [3.63, 3.8) is 0 Å². The number of rotatable bonds is 4. The molecule has 0 N–H and O–H groups in total. The van der Waals surface area contributed by atoms with Gasteiger partial charge in [0.25, 0.3) is 0 Å². The van der Waals surface area contributed by atoms with Crippen LogP contribution in [0, 0.1) is 0 Å². The fraction of sp³-hybridized carbons (Fsp3) is 0.412. The van der Waals surface area contributed by atoms with Crippen LogP contribution in [0.2, 0.25) is 0 Å². The molecular weight excluding hydrogens is 234 g/mol. The van der Waals surface area contributed by atoms with Crippen molar-refractivity contribution in [3.8, 4) is 5.75 Å². The van der Waals surface area contributed by atoms with Crippen molar-refractivity contribution in [2.75, 3.05) is 20.7 Å². The molecule has 0 saturated heterocycles. The standard InChI is InChI=1S/C17H23NO/c1-14(2)13-17(8-10-18(3)11-9-17)15-6-5-7-16(12-15)19-4/h5-8,10,12H,1,9,11,13H2,2-4H3. The van der Waals surface area contributed by atoms with Crippen molar-refractivity contribution in [3.05, 3.63) is 54.3 Å². The van der Waals surface area contributed by atoms with E-state index < -0.39 is 0 Å². The Morgan fingerprint density at radius 1 is 1.47 bits per heavy atom. The Labute approximate surface area is 116 Å². The van der Waals surface area contributed by atoms with E-state index in [0.717, 1.165) is 25.1 Å². The van der Waals surface area contributed by atoms with Crippen LogP contribution in [0.3, 0.4) is 0 Å². The Balaban J connectivity index is 2.42. The molecule has 0 fully saturated rings. The van der Waals surface area contributed by atoms with Crippen molar-refractivity contribution in [2.24, 2.45) is 0 Å². The minimum atomic E-state index is 0.0624. The Morgan fingerprint density at radius 2 is 2.26 bits per heavy atom. The van der Waals surface area contributed by atoms with Gasteiger partial charge in [0.1, 0.15) is 5.75 Å². The van der Waals surface area contributed by atoms with Gasteiger partial charge < -0.3 is 9.64 Å². The Morgan fingerprint density at radius 3 is 2.84 bits per heavy atom. The molecule has 102 valence electrons. The minimum absolute atomic E-state index is 0.0624. The topological polar surface area (TPSA) is 12.5 Å². The number of methoxy groups -OCH3 is 1. The second-order valence-electron chi connectivity index (χ2n) is 5.57. The maximum Gasteiger partial charge on any atom is 0.119 e. The summed E-state index contributed by atoms with van der Waals surface area (Å²) in [4.78, 5) is 2.23. The van der Waals surface area contributed by atoms with Gasteiger partial charge >= 0.3 is 0 Å². The molecule has 0 radical (unpaired) electrons. The zero-order chi connectivity index (χ0) is 13.9. The Kier molecular flexibility index (Phi) is 3.98. The summed E-state index contributed by atoms with van der Waals surface area (Å²) < 4.78 is 5.36. The molecule has 0 aromatic heterocycles. The van der Waals surface area contributed by atoms with Gasteiger partial charge in [-0.05, 0) is 43.7 Å². The summed E-state index contributed by atoms with van der Waals surface area (Å²) in [7, 11) is 3.84. The van der Waals surface area contributed by atoms with E-state index in [1.165, 1.54) is 11.1 Å². The van der Waals surface area contributed by atoms with E-state index in [4.69, 9.17) is 4.74 Å². The van der Waals surface area contributed by atoms with E-state index >= 15 is 0 Å². The fourth-order valence-electron chi connectivity index (χ4n) is 2.76. The lowest BCUT2D eigenvalue weighted by Gasteiger charge is -2.37. The molecule has 0 spiro atoms. The van der Waals surface area contributed by atoms with E-state index in [0.29, 0.717) is 0 Å². The second-order valence-corrected chi connectivity index (χ2v) is 5.57. The van der Waals surface area contributed by atoms with Crippen molar-refractivity contribution in [1.29, 1.82) is 0 Å². The molecule has 1 atom stereocenters. The summed E-state index contributed by atoms with van der Waals surface area (Å²) in [6.45, 7) is 7.28. The van der Waals surface area contributed by atoms with Crippen LogP contribution in [0.1, 0.15) is 25.3 Å². The van der Waals surface area contributed by atoms with Crippen molar-refractivity contribution in [2.45, 2.75) is 25.2 Å². The summed E-state index contributed by atoms with van der Waals surface area (Å²) in [5.74, 6) is 0.922. The van der Waals surface area contributed by atoms with Gasteiger partial charge in [0, 0.05) is 19.0 Å². The summed E-state index contributed by atoms with van der Waals surface area (Å²) in [6, 6.07) is 8.41. The van der Waals surface area contributed by atoms with E-state index in [9.17, 15) is 0 Å². The normalized spacial score (nSPS) is 22.4. The van der Waals surface area contributed by atoms with E-state index in [1.54, 1.807) is 7.11 Å². The highest BCUT2D eigenvalue weighted by molar-refractivity contribution is 5.39. The molecule has 2 rings (SSSR count). The highest BCUT2D eigenvalue weighted by Gasteiger charge is 2.32. The van der Waals surface area contributed by atoms with Crippen molar-refractivity contribution >= 4 is 0 Å². The molecule has 1 aromatic carbocycles. The average Bonchev–Trinajstić information content (AvgIpc) is 2.41. The molecule has 0 amide bonds. The summed E-state index contributed by atoms with van der Waals surface area (Å²) in [6.07, 6.45) is 6.61. The van der Waals surface area contributed by atoms with Crippen LogP contribution in [0.5, 0.6) is 5.75 Å². The molecule has 1 aromatic rings. The molecule has 0 bridgehead atoms. The highest BCUT2D eigenvalue weighted by Crippen LogP contribution is 2.39. The molecule has 2 heteroatoms. The Hall–Kier alpha value is -1.70. The first-order valence-corrected chi connectivity index (χ1v) is 6.74. The maximum atomic E-state index is 5.36. The third-order valence-corrected chi connectivity index (χ3v) is 3.82. The summed E-state index contributed by atoms with van der Waals surface area (Å²) >= 11 is 0. The molecule has 0 saturated carbocycles. The van der Waals surface area contributed by atoms with Gasteiger partial charge in [-0.15, -0.1) is 6.58 Å². The zero-order valence-corrected chi connectivity index (χ0v) is 12.1. The predicted octanol–water partition coefficient (Wildman–Crippen LogP) is 3.75. The summed E-state index contributed by atoms with van der Waals surface area (Å²) in [5.41, 5.74) is 2.60. The van der Waals surface area contributed by atoms with Gasteiger partial charge in [-0.2, -0.15) is 0 Å². The minimum Gasteiger partial charge on any atom is -0.497 e. The highest BCUT2D eigenvalue weighted by atomic mass is 16.5. The fourth-order valence-corrected chi connectivity index (χ4v) is 2.76. The van der Waals surface area contributed by atoms with Crippen LogP contribution in [0.15, 0.2) is 48.7 Å². The third-order valence-electron chi connectivity index (χ3n) is 3.82. The molecule has 1 unspecified atom stereocenters. The van der Waals surface area contributed by atoms with Crippen LogP contribution in [0.4, 0.5) is 0 Å². The van der Waals surface area contributed by atoms with Crippen LogP contribution in [0.25, 0.3) is 0 Å². The molecule has 1 heterocycles. The number of benzene rings is 1. The number of nitrogens with zero attached hydrogens (tertiary/aromatic N) is 1. The van der Waals surface area contributed by atoms with Crippen LogP contribution in [-0.4, -0.2) is 25.6 Å². The second kappa shape index (κ2) is 5.52. The van der Waals surface area contributed by atoms with Gasteiger partial charge in [-0.25, -0.2) is 0 Å². The first kappa shape index (κ1) is 13.7. The van der Waals surface area contributed by atoms with E-state index in [2.05, 4.69) is 55.9 Å². The average molecular weight is 257 g/mol. The molecule has 19 heavy (non-hydrogen) atoms. The number of allylic oxidation sites excluding steroid dienone is 2. The van der Waals surface area contributed by atoms with Crippen LogP contribution >= 0.6 is 0 Å². The predicted molar refractivity (Wildman–Crippen MR) is 80.5 cm³/mol. The maximum absolute atomic E-state index is 5.36. The largest absolute Gasteiger partial charge is 0.497 e. The SMILES string of the molecule is C=C(C)CC1(c2cccc(OC)c2)C=CN(C)CC1. The smallest absolute Gasteiger partial charge is 0.119 e. The van der Waals surface area contributed by atoms with Gasteiger partial charge in [-0.3, -0.25) is 0 Å².